The molecule has 3 N–H and O–H groups in total. The third-order valence-electron chi connectivity index (χ3n) is 2.29. The smallest absolute Gasteiger partial charge is 0.146 e. The zero-order chi connectivity index (χ0) is 12.1. The van der Waals surface area contributed by atoms with Gasteiger partial charge in [-0.3, -0.25) is 4.98 Å². The maximum Gasteiger partial charge on any atom is 0.146 e. The Morgan fingerprint density at radius 3 is 2.65 bits per heavy atom. The van der Waals surface area contributed by atoms with E-state index in [9.17, 15) is 0 Å². The van der Waals surface area contributed by atoms with Crippen LogP contribution >= 0.6 is 11.6 Å². The molecule has 1 aromatic carbocycles. The fraction of sp³-hybridized carbons (Fsp3) is 0.167. The largest absolute Gasteiger partial charge is 0.382 e. The van der Waals surface area contributed by atoms with Gasteiger partial charge in [-0.25, -0.2) is 4.98 Å². The van der Waals surface area contributed by atoms with E-state index >= 15 is 0 Å². The number of benzene rings is 1. The molecule has 88 valence electrons. The van der Waals surface area contributed by atoms with Crippen LogP contribution in [0.5, 0.6) is 0 Å². The zero-order valence-electron chi connectivity index (χ0n) is 9.23. The maximum absolute atomic E-state index is 5.81. The van der Waals surface area contributed by atoms with Gasteiger partial charge in [0.05, 0.1) is 12.4 Å². The minimum absolute atomic E-state index is 0.418. The molecule has 2 aromatic rings. The van der Waals surface area contributed by atoms with Crippen LogP contribution in [0.2, 0.25) is 5.02 Å². The lowest BCUT2D eigenvalue weighted by Gasteiger charge is -2.05. The summed E-state index contributed by atoms with van der Waals surface area (Å²) in [6.45, 7) is 0.778. The van der Waals surface area contributed by atoms with Crippen LogP contribution in [0.25, 0.3) is 0 Å². The third kappa shape index (κ3) is 3.60. The number of hydrogen-bond donors (Lipinski definition) is 2. The Morgan fingerprint density at radius 1 is 1.18 bits per heavy atom. The summed E-state index contributed by atoms with van der Waals surface area (Å²) in [4.78, 5) is 8.06. The van der Waals surface area contributed by atoms with Crippen LogP contribution in [0, 0.1) is 0 Å². The molecule has 0 saturated carbocycles. The first-order valence-electron chi connectivity index (χ1n) is 5.30. The van der Waals surface area contributed by atoms with Gasteiger partial charge in [0.25, 0.3) is 0 Å². The van der Waals surface area contributed by atoms with E-state index in [1.807, 2.05) is 24.3 Å². The lowest BCUT2D eigenvalue weighted by molar-refractivity contribution is 1.00. The van der Waals surface area contributed by atoms with Crippen LogP contribution < -0.4 is 11.1 Å². The molecule has 1 aromatic heterocycles. The van der Waals surface area contributed by atoms with Crippen molar-refractivity contribution in [3.05, 3.63) is 47.2 Å². The third-order valence-corrected chi connectivity index (χ3v) is 2.54. The molecule has 1 heterocycles. The quantitative estimate of drug-likeness (QED) is 0.872. The van der Waals surface area contributed by atoms with Crippen molar-refractivity contribution in [2.24, 2.45) is 0 Å². The maximum atomic E-state index is 5.81. The molecule has 0 amide bonds. The highest BCUT2D eigenvalue weighted by molar-refractivity contribution is 6.30. The first kappa shape index (κ1) is 11.7. The first-order valence-corrected chi connectivity index (χ1v) is 5.68. The summed E-state index contributed by atoms with van der Waals surface area (Å²) in [5, 5.41) is 3.92. The Hall–Kier alpha value is -1.81. The second-order valence-electron chi connectivity index (χ2n) is 3.63. The second kappa shape index (κ2) is 5.50. The van der Waals surface area contributed by atoms with Gasteiger partial charge in [0.2, 0.25) is 0 Å². The molecule has 17 heavy (non-hydrogen) atoms. The second-order valence-corrected chi connectivity index (χ2v) is 4.07. The van der Waals surface area contributed by atoms with Crippen molar-refractivity contribution in [2.75, 3.05) is 17.6 Å². The number of nitrogens with zero attached hydrogens (tertiary/aromatic N) is 2. The van der Waals surface area contributed by atoms with Gasteiger partial charge in [0.15, 0.2) is 0 Å². The van der Waals surface area contributed by atoms with E-state index in [-0.39, 0.29) is 0 Å². The molecule has 0 unspecified atom stereocenters. The average Bonchev–Trinajstić information content (AvgIpc) is 2.32. The Kier molecular flexibility index (Phi) is 3.77. The summed E-state index contributed by atoms with van der Waals surface area (Å²) in [5.41, 5.74) is 6.75. The van der Waals surface area contributed by atoms with Gasteiger partial charge in [-0.15, -0.1) is 0 Å². The number of nitrogen functional groups attached to an aromatic ring is 1. The Bertz CT molecular complexity index is 484. The fourth-order valence-corrected chi connectivity index (χ4v) is 1.58. The molecular weight excluding hydrogens is 236 g/mol. The number of nitrogens with two attached hydrogens (primary N) is 1. The lowest BCUT2D eigenvalue weighted by Crippen LogP contribution is -2.07. The molecule has 4 nitrogen and oxygen atoms in total. The summed E-state index contributed by atoms with van der Waals surface area (Å²) in [6.07, 6.45) is 4.07. The highest BCUT2D eigenvalue weighted by Crippen LogP contribution is 2.10. The van der Waals surface area contributed by atoms with Crippen LogP contribution in [0.3, 0.4) is 0 Å². The van der Waals surface area contributed by atoms with Gasteiger partial charge >= 0.3 is 0 Å². The number of halogens is 1. The molecule has 5 heteroatoms. The molecule has 0 spiro atoms. The number of rotatable bonds is 4. The van der Waals surface area contributed by atoms with Crippen molar-refractivity contribution < 1.29 is 0 Å². The number of aromatic nitrogens is 2. The van der Waals surface area contributed by atoms with Crippen LogP contribution in [0.15, 0.2) is 36.7 Å². The molecular formula is C12H13ClN4. The molecule has 0 radical (unpaired) electrons. The average molecular weight is 249 g/mol. The SMILES string of the molecule is Nc1cncc(NCCc2ccc(Cl)cc2)n1. The normalized spacial score (nSPS) is 10.2. The van der Waals surface area contributed by atoms with E-state index in [0.717, 1.165) is 18.0 Å². The molecule has 0 aliphatic rings. The van der Waals surface area contributed by atoms with E-state index < -0.39 is 0 Å². The molecule has 0 aliphatic heterocycles. The van der Waals surface area contributed by atoms with E-state index in [1.54, 1.807) is 6.20 Å². The van der Waals surface area contributed by atoms with Crippen LogP contribution in [-0.4, -0.2) is 16.5 Å². The summed E-state index contributed by atoms with van der Waals surface area (Å²) in [5.74, 6) is 1.11. The van der Waals surface area contributed by atoms with Gasteiger partial charge in [0, 0.05) is 11.6 Å². The summed E-state index contributed by atoms with van der Waals surface area (Å²) >= 11 is 5.81. The summed E-state index contributed by atoms with van der Waals surface area (Å²) < 4.78 is 0. The highest BCUT2D eigenvalue weighted by atomic mass is 35.5. The van der Waals surface area contributed by atoms with Crippen LogP contribution in [0.4, 0.5) is 11.6 Å². The van der Waals surface area contributed by atoms with Gasteiger partial charge in [-0.2, -0.15) is 0 Å². The molecule has 0 bridgehead atoms. The summed E-state index contributed by atoms with van der Waals surface area (Å²) in [7, 11) is 0. The van der Waals surface area contributed by atoms with Crippen molar-refractivity contribution >= 4 is 23.2 Å². The monoisotopic (exact) mass is 248 g/mol. The number of anilines is 2. The Labute approximate surface area is 105 Å². The van der Waals surface area contributed by atoms with Crippen molar-refractivity contribution in [3.8, 4) is 0 Å². The topological polar surface area (TPSA) is 63.8 Å². The minimum atomic E-state index is 0.418. The molecule has 0 saturated heterocycles. The van der Waals surface area contributed by atoms with E-state index in [2.05, 4.69) is 15.3 Å². The standard InChI is InChI=1S/C12H13ClN4/c13-10-3-1-9(2-4-10)5-6-16-12-8-15-7-11(14)17-12/h1-4,7-8H,5-6H2,(H3,14,16,17). The molecule has 0 fully saturated rings. The number of nitrogens with one attached hydrogen (secondary N) is 1. The summed E-state index contributed by atoms with van der Waals surface area (Å²) in [6, 6.07) is 7.79. The van der Waals surface area contributed by atoms with Crippen molar-refractivity contribution in [1.29, 1.82) is 0 Å². The van der Waals surface area contributed by atoms with E-state index in [4.69, 9.17) is 17.3 Å². The van der Waals surface area contributed by atoms with Gasteiger partial charge < -0.3 is 11.1 Å². The predicted molar refractivity (Wildman–Crippen MR) is 70.1 cm³/mol. The fourth-order valence-electron chi connectivity index (χ4n) is 1.45. The van der Waals surface area contributed by atoms with Crippen molar-refractivity contribution in [2.45, 2.75) is 6.42 Å². The lowest BCUT2D eigenvalue weighted by atomic mass is 10.1. The highest BCUT2D eigenvalue weighted by Gasteiger charge is 1.96. The first-order chi connectivity index (χ1) is 8.24. The number of hydrogen-bond acceptors (Lipinski definition) is 4. The van der Waals surface area contributed by atoms with Crippen molar-refractivity contribution in [1.82, 2.24) is 9.97 Å². The van der Waals surface area contributed by atoms with E-state index in [0.29, 0.717) is 11.6 Å². The molecule has 0 aliphatic carbocycles. The Morgan fingerprint density at radius 2 is 1.94 bits per heavy atom. The molecule has 0 atom stereocenters. The minimum Gasteiger partial charge on any atom is -0.382 e. The predicted octanol–water partition coefficient (Wildman–Crippen LogP) is 2.37. The Balaban J connectivity index is 1.85. The zero-order valence-corrected chi connectivity index (χ0v) is 9.98. The van der Waals surface area contributed by atoms with Gasteiger partial charge in [0.1, 0.15) is 11.6 Å². The van der Waals surface area contributed by atoms with Gasteiger partial charge in [-0.1, -0.05) is 23.7 Å². The van der Waals surface area contributed by atoms with Crippen LogP contribution in [-0.2, 0) is 6.42 Å². The molecule has 2 rings (SSSR count). The van der Waals surface area contributed by atoms with Crippen molar-refractivity contribution in [3.63, 3.8) is 0 Å². The van der Waals surface area contributed by atoms with Gasteiger partial charge in [-0.05, 0) is 24.1 Å². The van der Waals surface area contributed by atoms with Crippen LogP contribution in [0.1, 0.15) is 5.56 Å². The van der Waals surface area contributed by atoms with E-state index in [1.165, 1.54) is 11.8 Å².